The van der Waals surface area contributed by atoms with Gasteiger partial charge in [0.25, 0.3) is 0 Å². The number of esters is 1. The van der Waals surface area contributed by atoms with Gasteiger partial charge in [0.1, 0.15) is 0 Å². The number of hydrogen-bond acceptors (Lipinski definition) is 10. The molecule has 0 fully saturated rings. The Balaban J connectivity index is 2.09. The minimum Gasteiger partial charge on any atom is -0.493 e. The minimum absolute atomic E-state index is 0.0711. The van der Waals surface area contributed by atoms with Gasteiger partial charge >= 0.3 is 11.7 Å². The van der Waals surface area contributed by atoms with Crippen molar-refractivity contribution in [1.82, 2.24) is 4.98 Å². The molecule has 11 heteroatoms. The molecular weight excluding hydrogens is 424 g/mol. The molecule has 2 aromatic rings. The van der Waals surface area contributed by atoms with Crippen LogP contribution in [0.15, 0.2) is 22.6 Å². The third-order valence-corrected chi connectivity index (χ3v) is 4.99. The molecule has 2 rings (SSSR count). The first kappa shape index (κ1) is 24.1. The quantitative estimate of drug-likeness (QED) is 0.158. The Morgan fingerprint density at radius 1 is 1.32 bits per heavy atom. The third kappa shape index (κ3) is 7.52. The van der Waals surface area contributed by atoms with Crippen LogP contribution in [0.4, 0.5) is 10.8 Å². The minimum atomic E-state index is -0.505. The van der Waals surface area contributed by atoms with Crippen LogP contribution in [0, 0.1) is 10.1 Å². The van der Waals surface area contributed by atoms with E-state index in [4.69, 9.17) is 9.47 Å². The average Bonchev–Trinajstić information content (AvgIpc) is 3.20. The number of carbonyl (C=O) groups excluding carboxylic acids is 1. The molecule has 168 valence electrons. The summed E-state index contributed by atoms with van der Waals surface area (Å²) in [6, 6.07) is 2.99. The molecule has 0 radical (unpaired) electrons. The van der Waals surface area contributed by atoms with E-state index in [0.717, 1.165) is 25.7 Å². The number of hydrogen-bond donors (Lipinski definition) is 1. The summed E-state index contributed by atoms with van der Waals surface area (Å²) in [4.78, 5) is 26.6. The smallest absolute Gasteiger partial charge is 0.315 e. The van der Waals surface area contributed by atoms with Crippen LogP contribution in [0.25, 0.3) is 0 Å². The van der Waals surface area contributed by atoms with Crippen LogP contribution >= 0.6 is 11.3 Å². The van der Waals surface area contributed by atoms with Gasteiger partial charge < -0.3 is 14.2 Å². The number of aromatic nitrogens is 1. The van der Waals surface area contributed by atoms with Crippen LogP contribution in [0.5, 0.6) is 11.5 Å². The molecule has 1 aromatic carbocycles. The summed E-state index contributed by atoms with van der Waals surface area (Å²) in [7, 11) is 2.75. The van der Waals surface area contributed by atoms with Crippen molar-refractivity contribution in [3.63, 3.8) is 0 Å². The normalized spacial score (nSPS) is 10.8. The molecule has 10 nitrogen and oxygen atoms in total. The lowest BCUT2D eigenvalue weighted by Gasteiger charge is -2.11. The van der Waals surface area contributed by atoms with E-state index in [0.29, 0.717) is 23.0 Å². The van der Waals surface area contributed by atoms with Crippen molar-refractivity contribution in [1.29, 1.82) is 0 Å². The lowest BCUT2D eigenvalue weighted by Crippen LogP contribution is -2.04. The largest absolute Gasteiger partial charge is 0.493 e. The highest BCUT2D eigenvalue weighted by molar-refractivity contribution is 7.13. The summed E-state index contributed by atoms with van der Waals surface area (Å²) in [6.07, 6.45) is 5.49. The van der Waals surface area contributed by atoms with Crippen molar-refractivity contribution in [2.75, 3.05) is 26.3 Å². The number of benzene rings is 1. The van der Waals surface area contributed by atoms with Crippen molar-refractivity contribution in [3.8, 4) is 11.5 Å². The van der Waals surface area contributed by atoms with E-state index < -0.39 is 4.92 Å². The highest BCUT2D eigenvalue weighted by Crippen LogP contribution is 2.38. The predicted octanol–water partition coefficient (Wildman–Crippen LogP) is 4.18. The molecular formula is C20H26N4O6S. The zero-order chi connectivity index (χ0) is 22.6. The van der Waals surface area contributed by atoms with Gasteiger partial charge in [-0.3, -0.25) is 20.3 Å². The van der Waals surface area contributed by atoms with E-state index in [-0.39, 0.29) is 29.6 Å². The molecule has 0 bridgehead atoms. The number of anilines is 1. The Labute approximate surface area is 184 Å². The SMILES string of the molecule is CCCCCCOc1c(OC)cc(/C=N\Nc2nc(CC(=O)OC)cs2)cc1[N+](=O)[O-]. The van der Waals surface area contributed by atoms with Gasteiger partial charge in [0.15, 0.2) is 5.75 Å². The molecule has 0 atom stereocenters. The first-order valence-corrected chi connectivity index (χ1v) is 10.7. The number of hydrazone groups is 1. The van der Waals surface area contributed by atoms with E-state index in [1.54, 1.807) is 11.4 Å². The van der Waals surface area contributed by atoms with E-state index >= 15 is 0 Å². The zero-order valence-electron chi connectivity index (χ0n) is 17.8. The molecule has 1 aromatic heterocycles. The second kappa shape index (κ2) is 12.5. The molecule has 0 saturated carbocycles. The summed E-state index contributed by atoms with van der Waals surface area (Å²) in [6.45, 7) is 2.49. The van der Waals surface area contributed by atoms with Gasteiger partial charge in [-0.05, 0) is 12.5 Å². The molecule has 0 amide bonds. The zero-order valence-corrected chi connectivity index (χ0v) is 18.6. The van der Waals surface area contributed by atoms with E-state index in [9.17, 15) is 14.9 Å². The number of nitrogens with one attached hydrogen (secondary N) is 1. The summed E-state index contributed by atoms with van der Waals surface area (Å²) >= 11 is 1.27. The van der Waals surface area contributed by atoms with Crippen LogP contribution in [0.3, 0.4) is 0 Å². The molecule has 1 N–H and O–H groups in total. The van der Waals surface area contributed by atoms with Crippen molar-refractivity contribution in [3.05, 3.63) is 38.9 Å². The number of ether oxygens (including phenoxy) is 3. The Hall–Kier alpha value is -3.21. The highest BCUT2D eigenvalue weighted by atomic mass is 32.1. The number of nitrogens with zero attached hydrogens (tertiary/aromatic N) is 3. The lowest BCUT2D eigenvalue weighted by atomic mass is 10.1. The van der Waals surface area contributed by atoms with Crippen molar-refractivity contribution in [2.24, 2.45) is 5.10 Å². The second-order valence-electron chi connectivity index (χ2n) is 6.50. The highest BCUT2D eigenvalue weighted by Gasteiger charge is 2.22. The number of unbranched alkanes of at least 4 members (excludes halogenated alkanes) is 3. The maximum atomic E-state index is 11.6. The Morgan fingerprint density at radius 3 is 2.81 bits per heavy atom. The van der Waals surface area contributed by atoms with Crippen molar-refractivity contribution < 1.29 is 23.9 Å². The van der Waals surface area contributed by atoms with Crippen LogP contribution in [-0.2, 0) is 16.0 Å². The number of rotatable bonds is 13. The molecule has 0 aliphatic heterocycles. The third-order valence-electron chi connectivity index (χ3n) is 4.20. The van der Waals surface area contributed by atoms with Gasteiger partial charge in [-0.25, -0.2) is 4.98 Å². The number of nitro groups is 1. The maximum Gasteiger partial charge on any atom is 0.315 e. The van der Waals surface area contributed by atoms with Crippen LogP contribution in [0.2, 0.25) is 0 Å². The monoisotopic (exact) mass is 450 g/mol. The van der Waals surface area contributed by atoms with Gasteiger partial charge in [0.05, 0.1) is 44.1 Å². The Bertz CT molecular complexity index is 915. The fraction of sp³-hybridized carbons (Fsp3) is 0.450. The number of methoxy groups -OCH3 is 2. The van der Waals surface area contributed by atoms with Crippen LogP contribution < -0.4 is 14.9 Å². The molecule has 1 heterocycles. The van der Waals surface area contributed by atoms with Gasteiger partial charge in [-0.2, -0.15) is 5.10 Å². The fourth-order valence-electron chi connectivity index (χ4n) is 2.64. The Morgan fingerprint density at radius 2 is 2.13 bits per heavy atom. The topological polar surface area (TPSA) is 125 Å². The van der Waals surface area contributed by atoms with Crippen LogP contribution in [-0.4, -0.2) is 42.9 Å². The van der Waals surface area contributed by atoms with Gasteiger partial charge in [0.2, 0.25) is 10.9 Å². The summed E-state index contributed by atoms with van der Waals surface area (Å²) < 4.78 is 15.6. The van der Waals surface area contributed by atoms with E-state index in [2.05, 4.69) is 27.2 Å². The molecule has 0 unspecified atom stereocenters. The van der Waals surface area contributed by atoms with Crippen molar-refractivity contribution >= 4 is 34.3 Å². The van der Waals surface area contributed by atoms with Gasteiger partial charge in [0, 0.05) is 17.0 Å². The summed E-state index contributed by atoms with van der Waals surface area (Å²) in [5.74, 6) is -0.00494. The lowest BCUT2D eigenvalue weighted by molar-refractivity contribution is -0.386. The maximum absolute atomic E-state index is 11.6. The molecule has 0 aliphatic rings. The second-order valence-corrected chi connectivity index (χ2v) is 7.36. The van der Waals surface area contributed by atoms with Gasteiger partial charge in [-0.15, -0.1) is 11.3 Å². The standard InChI is InChI=1S/C20H26N4O6S/c1-4-5-6-7-8-30-19-16(24(26)27)9-14(10-17(19)28-2)12-21-23-20-22-15(13-31-20)11-18(25)29-3/h9-10,12-13H,4-8,11H2,1-3H3,(H,22,23)/b21-12-. The first-order valence-electron chi connectivity index (χ1n) is 9.78. The predicted molar refractivity (Wildman–Crippen MR) is 118 cm³/mol. The van der Waals surface area contributed by atoms with Crippen LogP contribution in [0.1, 0.15) is 43.9 Å². The number of nitro benzene ring substituents is 1. The number of carbonyl (C=O) groups is 1. The molecule has 0 aliphatic carbocycles. The molecule has 0 spiro atoms. The fourth-order valence-corrected chi connectivity index (χ4v) is 3.30. The van der Waals surface area contributed by atoms with Crippen molar-refractivity contribution in [2.45, 2.75) is 39.0 Å². The Kier molecular flexibility index (Phi) is 9.69. The average molecular weight is 451 g/mol. The van der Waals surface area contributed by atoms with Gasteiger partial charge in [-0.1, -0.05) is 26.2 Å². The van der Waals surface area contributed by atoms with E-state index in [1.165, 1.54) is 37.8 Å². The molecule has 31 heavy (non-hydrogen) atoms. The van der Waals surface area contributed by atoms with E-state index in [1.807, 2.05) is 0 Å². The summed E-state index contributed by atoms with van der Waals surface area (Å²) in [5.41, 5.74) is 3.57. The first-order chi connectivity index (χ1) is 15.0. The molecule has 0 saturated heterocycles. The summed E-state index contributed by atoms with van der Waals surface area (Å²) in [5, 5.41) is 17.8. The number of thiazole rings is 1.